The zero-order valence-electron chi connectivity index (χ0n) is 17.9. The third kappa shape index (κ3) is 4.64. The van der Waals surface area contributed by atoms with Crippen molar-refractivity contribution in [3.05, 3.63) is 77.1 Å². The molecule has 10 heteroatoms. The van der Waals surface area contributed by atoms with Gasteiger partial charge < -0.3 is 15.0 Å². The minimum atomic E-state index is -1.06. The average molecular weight is 455 g/mol. The van der Waals surface area contributed by atoms with Gasteiger partial charge in [-0.2, -0.15) is 0 Å². The van der Waals surface area contributed by atoms with Crippen LogP contribution in [0.25, 0.3) is 5.57 Å². The second-order valence-electron chi connectivity index (χ2n) is 7.45. The van der Waals surface area contributed by atoms with Crippen molar-refractivity contribution in [3.8, 4) is 5.75 Å². The first-order valence-electron chi connectivity index (χ1n) is 10.1. The molecule has 0 unspecified atom stereocenters. The van der Waals surface area contributed by atoms with Crippen molar-refractivity contribution in [2.75, 3.05) is 30.4 Å². The highest BCUT2D eigenvalue weighted by Gasteiger charge is 2.23. The Morgan fingerprint density at radius 3 is 2.48 bits per heavy atom. The average Bonchev–Trinajstić information content (AvgIpc) is 2.80. The molecule has 3 heterocycles. The molecule has 0 saturated heterocycles. The summed E-state index contributed by atoms with van der Waals surface area (Å²) in [4.78, 5) is 26.8. The standard InChI is InChI=1S/C23H20F3N5O2/c1-13-5-7-31(22-16(24)4-3-6-27-22)12-15(13)19-10-29-20(11-28-19)30-23(32)21-17(25)8-14(33-2)9-18(21)26/h3-4,6,8-11H,5,7,12H2,1-2H3,(H,29,30,32). The molecule has 33 heavy (non-hydrogen) atoms. The molecular formula is C23H20F3N5O2. The number of amides is 1. The van der Waals surface area contributed by atoms with Gasteiger partial charge in [-0.3, -0.25) is 9.78 Å². The van der Waals surface area contributed by atoms with Crippen LogP contribution in [0.4, 0.5) is 24.8 Å². The smallest absolute Gasteiger partial charge is 0.262 e. The van der Waals surface area contributed by atoms with Crippen molar-refractivity contribution < 1.29 is 22.7 Å². The molecule has 1 aliphatic rings. The second kappa shape index (κ2) is 9.27. The Balaban J connectivity index is 1.51. The maximum absolute atomic E-state index is 14.2. The molecule has 0 aliphatic carbocycles. The summed E-state index contributed by atoms with van der Waals surface area (Å²) in [5.41, 5.74) is 1.74. The summed E-state index contributed by atoms with van der Waals surface area (Å²) in [6.07, 6.45) is 4.98. The quantitative estimate of drug-likeness (QED) is 0.620. The predicted molar refractivity (Wildman–Crippen MR) is 117 cm³/mol. The maximum atomic E-state index is 14.2. The maximum Gasteiger partial charge on any atom is 0.262 e. The number of ether oxygens (including phenoxy) is 1. The lowest BCUT2D eigenvalue weighted by atomic mass is 9.99. The molecule has 0 atom stereocenters. The third-order valence-corrected chi connectivity index (χ3v) is 5.34. The van der Waals surface area contributed by atoms with Gasteiger partial charge in [0, 0.05) is 31.4 Å². The summed E-state index contributed by atoms with van der Waals surface area (Å²) in [5, 5.41) is 2.34. The lowest BCUT2D eigenvalue weighted by Crippen LogP contribution is -2.32. The fourth-order valence-electron chi connectivity index (χ4n) is 3.56. The van der Waals surface area contributed by atoms with E-state index < -0.39 is 28.9 Å². The number of nitrogens with zero attached hydrogens (tertiary/aromatic N) is 4. The number of halogens is 3. The molecule has 4 rings (SSSR count). The van der Waals surface area contributed by atoms with Crippen LogP contribution in [-0.4, -0.2) is 41.1 Å². The van der Waals surface area contributed by atoms with Crippen LogP contribution in [0.15, 0.2) is 48.4 Å². The van der Waals surface area contributed by atoms with Crippen molar-refractivity contribution >= 4 is 23.1 Å². The van der Waals surface area contributed by atoms with Gasteiger partial charge in [-0.25, -0.2) is 23.1 Å². The summed E-state index contributed by atoms with van der Waals surface area (Å²) in [6.45, 7) is 2.97. The SMILES string of the molecule is COc1cc(F)c(C(=O)Nc2cnc(C3=C(C)CCN(c4ncccc4F)C3)cn2)c(F)c1. The van der Waals surface area contributed by atoms with Crippen molar-refractivity contribution in [1.82, 2.24) is 15.0 Å². The zero-order valence-corrected chi connectivity index (χ0v) is 17.9. The fourth-order valence-corrected chi connectivity index (χ4v) is 3.56. The number of hydrogen-bond acceptors (Lipinski definition) is 6. The van der Waals surface area contributed by atoms with E-state index in [0.29, 0.717) is 25.2 Å². The van der Waals surface area contributed by atoms with Crippen LogP contribution in [-0.2, 0) is 0 Å². The summed E-state index contributed by atoms with van der Waals surface area (Å²) < 4.78 is 47.2. The largest absolute Gasteiger partial charge is 0.497 e. The van der Waals surface area contributed by atoms with Gasteiger partial charge in [-0.1, -0.05) is 5.57 Å². The molecule has 7 nitrogen and oxygen atoms in total. The molecule has 0 fully saturated rings. The van der Waals surface area contributed by atoms with E-state index in [1.54, 1.807) is 0 Å². The molecule has 0 radical (unpaired) electrons. The first kappa shape index (κ1) is 22.3. The van der Waals surface area contributed by atoms with E-state index in [1.165, 1.54) is 37.8 Å². The predicted octanol–water partition coefficient (Wildman–Crippen LogP) is 4.23. The number of benzene rings is 1. The number of aromatic nitrogens is 3. The Morgan fingerprint density at radius 1 is 1.09 bits per heavy atom. The summed E-state index contributed by atoms with van der Waals surface area (Å²) in [6, 6.07) is 4.73. The van der Waals surface area contributed by atoms with E-state index in [-0.39, 0.29) is 17.4 Å². The van der Waals surface area contributed by atoms with Crippen LogP contribution >= 0.6 is 0 Å². The van der Waals surface area contributed by atoms with Gasteiger partial charge in [0.1, 0.15) is 22.9 Å². The number of nitrogens with one attached hydrogen (secondary N) is 1. The van der Waals surface area contributed by atoms with Gasteiger partial charge in [0.15, 0.2) is 17.5 Å². The highest BCUT2D eigenvalue weighted by molar-refractivity contribution is 6.04. The Hall–Kier alpha value is -3.95. The number of methoxy groups -OCH3 is 1. The summed E-state index contributed by atoms with van der Waals surface area (Å²) in [5.74, 6) is -3.26. The Kier molecular flexibility index (Phi) is 6.25. The van der Waals surface area contributed by atoms with Crippen LogP contribution in [0.5, 0.6) is 5.75 Å². The van der Waals surface area contributed by atoms with Gasteiger partial charge in [-0.15, -0.1) is 0 Å². The number of carbonyl (C=O) groups is 1. The topological polar surface area (TPSA) is 80.2 Å². The molecule has 1 aliphatic heterocycles. The van der Waals surface area contributed by atoms with E-state index in [1.807, 2.05) is 11.8 Å². The lowest BCUT2D eigenvalue weighted by Gasteiger charge is -2.30. The molecule has 170 valence electrons. The van der Waals surface area contributed by atoms with E-state index in [0.717, 1.165) is 23.3 Å². The normalized spacial score (nSPS) is 13.8. The monoisotopic (exact) mass is 455 g/mol. The zero-order chi connectivity index (χ0) is 23.5. The molecule has 2 aromatic heterocycles. The summed E-state index contributed by atoms with van der Waals surface area (Å²) in [7, 11) is 1.26. The number of hydrogen-bond donors (Lipinski definition) is 1. The van der Waals surface area contributed by atoms with Gasteiger partial charge in [0.2, 0.25) is 0 Å². The molecule has 0 spiro atoms. The van der Waals surface area contributed by atoms with Crippen LogP contribution in [0, 0.1) is 17.5 Å². The molecule has 0 saturated carbocycles. The molecule has 0 bridgehead atoms. The first-order valence-corrected chi connectivity index (χ1v) is 10.1. The van der Waals surface area contributed by atoms with Crippen LogP contribution in [0.2, 0.25) is 0 Å². The van der Waals surface area contributed by atoms with Crippen molar-refractivity contribution in [3.63, 3.8) is 0 Å². The minimum absolute atomic E-state index is 0.0278. The highest BCUT2D eigenvalue weighted by atomic mass is 19.1. The van der Waals surface area contributed by atoms with Gasteiger partial charge >= 0.3 is 0 Å². The molecule has 3 aromatic rings. The number of rotatable bonds is 5. The van der Waals surface area contributed by atoms with Gasteiger partial charge in [-0.05, 0) is 31.1 Å². The van der Waals surface area contributed by atoms with Crippen molar-refractivity contribution in [1.29, 1.82) is 0 Å². The van der Waals surface area contributed by atoms with Gasteiger partial charge in [0.25, 0.3) is 5.91 Å². The molecular weight excluding hydrogens is 435 g/mol. The number of anilines is 2. The molecule has 1 amide bonds. The van der Waals surface area contributed by atoms with Crippen LogP contribution < -0.4 is 15.0 Å². The number of pyridine rings is 1. The van der Waals surface area contributed by atoms with Crippen molar-refractivity contribution in [2.24, 2.45) is 0 Å². The lowest BCUT2D eigenvalue weighted by molar-refractivity contribution is 0.101. The van der Waals surface area contributed by atoms with E-state index in [9.17, 15) is 18.0 Å². The van der Waals surface area contributed by atoms with Gasteiger partial charge in [0.05, 0.1) is 25.2 Å². The summed E-state index contributed by atoms with van der Waals surface area (Å²) >= 11 is 0. The van der Waals surface area contributed by atoms with Crippen LogP contribution in [0.1, 0.15) is 29.4 Å². The van der Waals surface area contributed by atoms with E-state index in [2.05, 4.69) is 20.3 Å². The molecule has 1 N–H and O–H groups in total. The minimum Gasteiger partial charge on any atom is -0.497 e. The highest BCUT2D eigenvalue weighted by Crippen LogP contribution is 2.29. The number of carbonyl (C=O) groups excluding carboxylic acids is 1. The van der Waals surface area contributed by atoms with Crippen LogP contribution in [0.3, 0.4) is 0 Å². The van der Waals surface area contributed by atoms with E-state index >= 15 is 0 Å². The second-order valence-corrected chi connectivity index (χ2v) is 7.45. The Morgan fingerprint density at radius 2 is 1.85 bits per heavy atom. The first-order chi connectivity index (χ1) is 15.9. The van der Waals surface area contributed by atoms with Crippen molar-refractivity contribution in [2.45, 2.75) is 13.3 Å². The third-order valence-electron chi connectivity index (χ3n) is 5.34. The Bertz CT molecular complexity index is 1210. The molecule has 1 aromatic carbocycles. The Labute approximate surface area is 188 Å². The van der Waals surface area contributed by atoms with E-state index in [4.69, 9.17) is 4.74 Å². The fraction of sp³-hybridized carbons (Fsp3) is 0.217.